The Morgan fingerprint density at radius 2 is 2.19 bits per heavy atom. The zero-order valence-electron chi connectivity index (χ0n) is 8.52. The van der Waals surface area contributed by atoms with Gasteiger partial charge in [-0.1, -0.05) is 18.2 Å². The Kier molecular flexibility index (Phi) is 3.46. The summed E-state index contributed by atoms with van der Waals surface area (Å²) in [7, 11) is 0. The van der Waals surface area contributed by atoms with Crippen molar-refractivity contribution in [2.75, 3.05) is 11.5 Å². The Morgan fingerprint density at radius 1 is 1.44 bits per heavy atom. The summed E-state index contributed by atoms with van der Waals surface area (Å²) >= 11 is 1.53. The maximum Gasteiger partial charge on any atom is 0.321 e. The molecule has 0 spiro atoms. The summed E-state index contributed by atoms with van der Waals surface area (Å²) in [6, 6.07) is 5.66. The van der Waals surface area contributed by atoms with Crippen LogP contribution in [0.2, 0.25) is 0 Å². The lowest BCUT2D eigenvalue weighted by molar-refractivity contribution is -0.139. The van der Waals surface area contributed by atoms with Gasteiger partial charge in [-0.2, -0.15) is 11.8 Å². The van der Waals surface area contributed by atoms with E-state index >= 15 is 0 Å². The summed E-state index contributed by atoms with van der Waals surface area (Å²) in [5.74, 6) is 0.0607. The summed E-state index contributed by atoms with van der Waals surface area (Å²) in [5.41, 5.74) is 0.543. The van der Waals surface area contributed by atoms with E-state index in [1.165, 1.54) is 17.8 Å². The number of carboxylic acid groups (broad SMARTS) is 1. The molecular formula is C11H12FNO2S. The summed E-state index contributed by atoms with van der Waals surface area (Å²) in [6.07, 6.45) is 0. The first-order chi connectivity index (χ1) is 7.68. The normalized spacial score (nSPS) is 25.3. The van der Waals surface area contributed by atoms with Crippen LogP contribution in [0.5, 0.6) is 0 Å². The van der Waals surface area contributed by atoms with E-state index in [2.05, 4.69) is 5.32 Å². The van der Waals surface area contributed by atoms with E-state index in [4.69, 9.17) is 5.11 Å². The van der Waals surface area contributed by atoms with Crippen LogP contribution in [0.15, 0.2) is 24.3 Å². The zero-order chi connectivity index (χ0) is 11.5. The minimum atomic E-state index is -0.881. The van der Waals surface area contributed by atoms with Crippen molar-refractivity contribution in [1.82, 2.24) is 5.32 Å². The molecule has 16 heavy (non-hydrogen) atoms. The first-order valence-corrected chi connectivity index (χ1v) is 6.15. The van der Waals surface area contributed by atoms with Crippen LogP contribution in [0.4, 0.5) is 4.39 Å². The van der Waals surface area contributed by atoms with Crippen LogP contribution in [0, 0.1) is 5.82 Å². The Morgan fingerprint density at radius 3 is 2.88 bits per heavy atom. The number of nitrogens with one attached hydrogen (secondary N) is 1. The molecule has 2 unspecified atom stereocenters. The lowest BCUT2D eigenvalue weighted by atomic mass is 10.1. The minimum Gasteiger partial charge on any atom is -0.480 e. The third kappa shape index (κ3) is 2.36. The molecule has 0 aliphatic carbocycles. The topological polar surface area (TPSA) is 49.3 Å². The molecule has 0 bridgehead atoms. The van der Waals surface area contributed by atoms with E-state index in [9.17, 15) is 9.18 Å². The minimum absolute atomic E-state index is 0.221. The second kappa shape index (κ2) is 4.84. The molecule has 1 aliphatic heterocycles. The number of thioether (sulfide) groups is 1. The number of carboxylic acids is 1. The van der Waals surface area contributed by atoms with Crippen LogP contribution >= 0.6 is 11.8 Å². The number of hydrogen-bond donors (Lipinski definition) is 2. The molecule has 0 amide bonds. The zero-order valence-corrected chi connectivity index (χ0v) is 9.34. The highest BCUT2D eigenvalue weighted by Crippen LogP contribution is 2.26. The van der Waals surface area contributed by atoms with Crippen LogP contribution in [0.3, 0.4) is 0 Å². The van der Waals surface area contributed by atoms with Crippen LogP contribution in [-0.2, 0) is 4.79 Å². The van der Waals surface area contributed by atoms with Crippen molar-refractivity contribution in [2.24, 2.45) is 0 Å². The van der Waals surface area contributed by atoms with Gasteiger partial charge in [0.25, 0.3) is 0 Å². The fourth-order valence-electron chi connectivity index (χ4n) is 1.72. The van der Waals surface area contributed by atoms with Gasteiger partial charge in [-0.3, -0.25) is 10.1 Å². The summed E-state index contributed by atoms with van der Waals surface area (Å²) in [4.78, 5) is 10.8. The van der Waals surface area contributed by atoms with Gasteiger partial charge in [0.05, 0.1) is 0 Å². The molecule has 1 aliphatic rings. The third-order valence-electron chi connectivity index (χ3n) is 2.55. The number of benzene rings is 1. The van der Waals surface area contributed by atoms with Crippen LogP contribution in [0.25, 0.3) is 0 Å². The van der Waals surface area contributed by atoms with Gasteiger partial charge >= 0.3 is 5.97 Å². The number of aliphatic carboxylic acids is 1. The monoisotopic (exact) mass is 241 g/mol. The molecule has 0 aromatic heterocycles. The molecule has 1 saturated heterocycles. The summed E-state index contributed by atoms with van der Waals surface area (Å²) < 4.78 is 13.5. The van der Waals surface area contributed by atoms with Crippen molar-refractivity contribution < 1.29 is 14.3 Å². The third-order valence-corrected chi connectivity index (χ3v) is 3.69. The molecule has 1 heterocycles. The molecule has 1 aromatic rings. The fraction of sp³-hybridized carbons (Fsp3) is 0.364. The first-order valence-electron chi connectivity index (χ1n) is 4.99. The number of rotatable bonds is 2. The summed E-state index contributed by atoms with van der Waals surface area (Å²) in [6.45, 7) is 0. The predicted octanol–water partition coefficient (Wildman–Crippen LogP) is 1.66. The van der Waals surface area contributed by atoms with Crippen LogP contribution in [-0.4, -0.2) is 28.6 Å². The van der Waals surface area contributed by atoms with Crippen molar-refractivity contribution in [3.8, 4) is 0 Å². The highest BCUT2D eigenvalue weighted by molar-refractivity contribution is 7.99. The van der Waals surface area contributed by atoms with Crippen molar-refractivity contribution in [3.63, 3.8) is 0 Å². The van der Waals surface area contributed by atoms with Crippen molar-refractivity contribution in [2.45, 2.75) is 12.1 Å². The van der Waals surface area contributed by atoms with Gasteiger partial charge in [-0.15, -0.1) is 0 Å². The molecule has 1 fully saturated rings. The lowest BCUT2D eigenvalue weighted by Gasteiger charge is -2.28. The SMILES string of the molecule is O=C(O)C1CSCC(c2ccccc2F)N1. The maximum atomic E-state index is 13.5. The molecule has 5 heteroatoms. The van der Waals surface area contributed by atoms with E-state index in [1.807, 2.05) is 0 Å². The van der Waals surface area contributed by atoms with Crippen molar-refractivity contribution in [3.05, 3.63) is 35.6 Å². The number of hydrogen-bond acceptors (Lipinski definition) is 3. The Labute approximate surface area is 97.0 Å². The Balaban J connectivity index is 2.16. The molecule has 2 N–H and O–H groups in total. The Bertz CT molecular complexity index is 399. The first kappa shape index (κ1) is 11.4. The molecule has 2 atom stereocenters. The largest absolute Gasteiger partial charge is 0.480 e. The van der Waals surface area contributed by atoms with E-state index in [1.54, 1.807) is 18.2 Å². The lowest BCUT2D eigenvalue weighted by Crippen LogP contribution is -2.45. The molecule has 0 saturated carbocycles. The highest BCUT2D eigenvalue weighted by atomic mass is 32.2. The maximum absolute atomic E-state index is 13.5. The average molecular weight is 241 g/mol. The van der Waals surface area contributed by atoms with Crippen molar-refractivity contribution in [1.29, 1.82) is 0 Å². The second-order valence-corrected chi connectivity index (χ2v) is 4.74. The van der Waals surface area contributed by atoms with E-state index < -0.39 is 12.0 Å². The van der Waals surface area contributed by atoms with E-state index in [-0.39, 0.29) is 11.9 Å². The number of carbonyl (C=O) groups is 1. The van der Waals surface area contributed by atoms with E-state index in [0.29, 0.717) is 17.1 Å². The molecule has 1 aromatic carbocycles. The standard InChI is InChI=1S/C11H12FNO2S/c12-8-4-2-1-3-7(8)9-5-16-6-10(13-9)11(14)15/h1-4,9-10,13H,5-6H2,(H,14,15). The molecule has 2 rings (SSSR count). The fourth-order valence-corrected chi connectivity index (χ4v) is 2.84. The molecule has 3 nitrogen and oxygen atoms in total. The van der Waals surface area contributed by atoms with Crippen LogP contribution < -0.4 is 5.32 Å². The molecular weight excluding hydrogens is 229 g/mol. The van der Waals surface area contributed by atoms with Gasteiger partial charge < -0.3 is 5.11 Å². The van der Waals surface area contributed by atoms with Gasteiger partial charge in [-0.25, -0.2) is 4.39 Å². The highest BCUT2D eigenvalue weighted by Gasteiger charge is 2.28. The smallest absolute Gasteiger partial charge is 0.321 e. The molecule has 0 radical (unpaired) electrons. The summed E-state index contributed by atoms with van der Waals surface area (Å²) in [5, 5.41) is 11.9. The van der Waals surface area contributed by atoms with Crippen LogP contribution in [0.1, 0.15) is 11.6 Å². The number of halogens is 1. The Hall–Kier alpha value is -1.07. The average Bonchev–Trinajstić information content (AvgIpc) is 2.30. The van der Waals surface area contributed by atoms with Gasteiger partial charge in [0.1, 0.15) is 11.9 Å². The molecule has 86 valence electrons. The van der Waals surface area contributed by atoms with Gasteiger partial charge in [0, 0.05) is 23.1 Å². The quantitative estimate of drug-likeness (QED) is 0.826. The van der Waals surface area contributed by atoms with Crippen molar-refractivity contribution >= 4 is 17.7 Å². The van der Waals surface area contributed by atoms with E-state index in [0.717, 1.165) is 0 Å². The van der Waals surface area contributed by atoms with Gasteiger partial charge in [0.15, 0.2) is 0 Å². The second-order valence-electron chi connectivity index (χ2n) is 3.67. The van der Waals surface area contributed by atoms with Gasteiger partial charge in [0.2, 0.25) is 0 Å². The van der Waals surface area contributed by atoms with Gasteiger partial charge in [-0.05, 0) is 6.07 Å². The predicted molar refractivity (Wildman–Crippen MR) is 61.0 cm³/mol.